The number of likely N-dealkylation sites (N-methyl/N-ethyl adjacent to an activating group) is 1. The summed E-state index contributed by atoms with van der Waals surface area (Å²) in [7, 11) is 0. The summed E-state index contributed by atoms with van der Waals surface area (Å²) in [5, 5.41) is 4.38. The minimum atomic E-state index is -0.462. The van der Waals surface area contributed by atoms with Crippen molar-refractivity contribution in [3.63, 3.8) is 0 Å². The Morgan fingerprint density at radius 1 is 1.19 bits per heavy atom. The van der Waals surface area contributed by atoms with E-state index < -0.39 is 11.7 Å². The van der Waals surface area contributed by atoms with Crippen LogP contribution in [0.4, 0.5) is 14.5 Å². The zero-order chi connectivity index (χ0) is 19.6. The number of nitrogens with zero attached hydrogens (tertiary/aromatic N) is 4. The van der Waals surface area contributed by atoms with Crippen molar-refractivity contribution >= 4 is 11.6 Å². The van der Waals surface area contributed by atoms with Gasteiger partial charge in [-0.15, -0.1) is 0 Å². The van der Waals surface area contributed by atoms with Gasteiger partial charge in [0.05, 0.1) is 41.6 Å². The largest absolute Gasteiger partial charge is 0.309 e. The molecule has 0 fully saturated rings. The average Bonchev–Trinajstić information content (AvgIpc) is 3.04. The first-order valence-corrected chi connectivity index (χ1v) is 8.64. The van der Waals surface area contributed by atoms with E-state index in [9.17, 15) is 13.6 Å². The van der Waals surface area contributed by atoms with Gasteiger partial charge in [-0.1, -0.05) is 12.1 Å². The Morgan fingerprint density at radius 3 is 2.52 bits per heavy atom. The van der Waals surface area contributed by atoms with Crippen LogP contribution in [0.25, 0.3) is 5.69 Å². The van der Waals surface area contributed by atoms with Crippen molar-refractivity contribution in [1.29, 1.82) is 0 Å². The fourth-order valence-electron chi connectivity index (χ4n) is 2.95. The summed E-state index contributed by atoms with van der Waals surface area (Å²) in [6.45, 7) is 5.89. The molecule has 0 radical (unpaired) electrons. The van der Waals surface area contributed by atoms with Crippen molar-refractivity contribution < 1.29 is 13.6 Å². The summed E-state index contributed by atoms with van der Waals surface area (Å²) in [5.74, 6) is -1.37. The van der Waals surface area contributed by atoms with Crippen molar-refractivity contribution in [2.45, 2.75) is 26.7 Å². The van der Waals surface area contributed by atoms with Crippen molar-refractivity contribution in [2.75, 3.05) is 11.4 Å². The third-order valence-corrected chi connectivity index (χ3v) is 4.44. The van der Waals surface area contributed by atoms with E-state index in [4.69, 9.17) is 0 Å². The van der Waals surface area contributed by atoms with Crippen LogP contribution in [0.1, 0.15) is 31.0 Å². The number of hydrogen-bond acceptors (Lipinski definition) is 3. The topological polar surface area (TPSA) is 51.0 Å². The molecule has 0 saturated carbocycles. The van der Waals surface area contributed by atoms with Gasteiger partial charge in [-0.25, -0.2) is 13.5 Å². The predicted molar refractivity (Wildman–Crippen MR) is 98.9 cm³/mol. The van der Waals surface area contributed by atoms with E-state index in [1.807, 2.05) is 6.92 Å². The van der Waals surface area contributed by atoms with E-state index in [0.29, 0.717) is 23.6 Å². The lowest BCUT2D eigenvalue weighted by Gasteiger charge is -2.24. The normalized spacial score (nSPS) is 12.0. The molecule has 0 N–H and O–H groups in total. The summed E-state index contributed by atoms with van der Waals surface area (Å²) in [6, 6.07) is 7.23. The van der Waals surface area contributed by atoms with E-state index in [-0.39, 0.29) is 11.7 Å². The number of rotatable bonds is 5. The lowest BCUT2D eigenvalue weighted by molar-refractivity contribution is -0.119. The molecule has 1 aromatic carbocycles. The molecular weight excluding hydrogens is 350 g/mol. The molecule has 1 unspecified atom stereocenters. The smallest absolute Gasteiger partial charge is 0.234 e. The minimum Gasteiger partial charge on any atom is -0.309 e. The van der Waals surface area contributed by atoms with E-state index in [1.165, 1.54) is 29.1 Å². The Balaban J connectivity index is 1.91. The molecule has 3 aromatic rings. The fourth-order valence-corrected chi connectivity index (χ4v) is 2.95. The van der Waals surface area contributed by atoms with Gasteiger partial charge in [0, 0.05) is 12.6 Å². The Hall–Kier alpha value is -3.09. The van der Waals surface area contributed by atoms with E-state index >= 15 is 0 Å². The van der Waals surface area contributed by atoms with Gasteiger partial charge in [0.25, 0.3) is 0 Å². The SMILES string of the molecule is CCN(C(=O)C(C)c1ccc(F)cc1)c1cn(-c2cncc(F)c2)nc1C. The van der Waals surface area contributed by atoms with Gasteiger partial charge in [0.15, 0.2) is 0 Å². The van der Waals surface area contributed by atoms with Crippen LogP contribution < -0.4 is 4.90 Å². The summed E-state index contributed by atoms with van der Waals surface area (Å²) in [5.41, 5.74) is 2.49. The Labute approximate surface area is 156 Å². The summed E-state index contributed by atoms with van der Waals surface area (Å²) in [4.78, 5) is 18.5. The van der Waals surface area contributed by atoms with Crippen LogP contribution in [0, 0.1) is 18.6 Å². The maximum atomic E-state index is 13.4. The van der Waals surface area contributed by atoms with Crippen LogP contribution in [-0.2, 0) is 4.79 Å². The third-order valence-electron chi connectivity index (χ3n) is 4.44. The van der Waals surface area contributed by atoms with Crippen molar-refractivity contribution in [2.24, 2.45) is 0 Å². The molecule has 2 aromatic heterocycles. The molecule has 0 aliphatic heterocycles. The van der Waals surface area contributed by atoms with Crippen LogP contribution >= 0.6 is 0 Å². The van der Waals surface area contributed by atoms with Crippen LogP contribution in [0.5, 0.6) is 0 Å². The number of benzene rings is 1. The van der Waals surface area contributed by atoms with Gasteiger partial charge < -0.3 is 4.90 Å². The third kappa shape index (κ3) is 3.86. The molecule has 0 aliphatic rings. The number of hydrogen-bond donors (Lipinski definition) is 0. The quantitative estimate of drug-likeness (QED) is 0.682. The van der Waals surface area contributed by atoms with Crippen LogP contribution in [0.2, 0.25) is 0 Å². The zero-order valence-corrected chi connectivity index (χ0v) is 15.4. The predicted octanol–water partition coefficient (Wildman–Crippen LogP) is 4.01. The zero-order valence-electron chi connectivity index (χ0n) is 15.4. The molecular formula is C20H20F2N4O. The highest BCUT2D eigenvalue weighted by atomic mass is 19.1. The summed E-state index contributed by atoms with van der Waals surface area (Å²) >= 11 is 0. The van der Waals surface area contributed by atoms with E-state index in [1.54, 1.807) is 37.1 Å². The van der Waals surface area contributed by atoms with Crippen molar-refractivity contribution in [3.8, 4) is 5.69 Å². The average molecular weight is 370 g/mol. The van der Waals surface area contributed by atoms with E-state index in [2.05, 4.69) is 10.1 Å². The lowest BCUT2D eigenvalue weighted by atomic mass is 9.99. The van der Waals surface area contributed by atoms with Gasteiger partial charge in [0.1, 0.15) is 11.6 Å². The van der Waals surface area contributed by atoms with Gasteiger partial charge >= 0.3 is 0 Å². The molecule has 5 nitrogen and oxygen atoms in total. The molecule has 1 atom stereocenters. The van der Waals surface area contributed by atoms with Gasteiger partial charge in [-0.05, 0) is 38.5 Å². The molecule has 7 heteroatoms. The number of carbonyl (C=O) groups excluding carboxylic acids is 1. The first-order valence-electron chi connectivity index (χ1n) is 8.64. The number of aryl methyl sites for hydroxylation is 1. The van der Waals surface area contributed by atoms with Gasteiger partial charge in [-0.2, -0.15) is 5.10 Å². The molecule has 27 heavy (non-hydrogen) atoms. The number of carbonyl (C=O) groups is 1. The van der Waals surface area contributed by atoms with Gasteiger partial charge in [0.2, 0.25) is 5.91 Å². The maximum Gasteiger partial charge on any atom is 0.234 e. The highest BCUT2D eigenvalue weighted by molar-refractivity contribution is 5.98. The Morgan fingerprint density at radius 2 is 1.89 bits per heavy atom. The fraction of sp³-hybridized carbons (Fsp3) is 0.250. The molecule has 0 saturated heterocycles. The molecule has 3 rings (SSSR count). The second-order valence-corrected chi connectivity index (χ2v) is 6.26. The van der Waals surface area contributed by atoms with Crippen LogP contribution in [0.3, 0.4) is 0 Å². The second-order valence-electron chi connectivity index (χ2n) is 6.26. The Bertz CT molecular complexity index is 953. The van der Waals surface area contributed by atoms with Crippen LogP contribution in [-0.4, -0.2) is 27.2 Å². The molecule has 0 aliphatic carbocycles. The molecule has 0 bridgehead atoms. The number of amides is 1. The number of anilines is 1. The lowest BCUT2D eigenvalue weighted by Crippen LogP contribution is -2.34. The molecule has 1 amide bonds. The second kappa shape index (κ2) is 7.65. The Kier molecular flexibility index (Phi) is 5.30. The number of halogens is 2. The van der Waals surface area contributed by atoms with Gasteiger partial charge in [-0.3, -0.25) is 9.78 Å². The summed E-state index contributed by atoms with van der Waals surface area (Å²) < 4.78 is 28.1. The highest BCUT2D eigenvalue weighted by Crippen LogP contribution is 2.26. The van der Waals surface area contributed by atoms with Crippen molar-refractivity contribution in [3.05, 3.63) is 71.8 Å². The van der Waals surface area contributed by atoms with Crippen LogP contribution in [0.15, 0.2) is 48.9 Å². The standard InChI is InChI=1S/C20H20F2N4O/c1-4-25(20(27)13(2)15-5-7-16(21)8-6-15)19-12-26(24-14(19)3)18-9-17(22)10-23-11-18/h5-13H,4H2,1-3H3. The molecule has 0 spiro atoms. The van der Waals surface area contributed by atoms with Crippen molar-refractivity contribution in [1.82, 2.24) is 14.8 Å². The first kappa shape index (κ1) is 18.7. The molecule has 2 heterocycles. The first-order chi connectivity index (χ1) is 12.9. The van der Waals surface area contributed by atoms with E-state index in [0.717, 1.165) is 11.8 Å². The monoisotopic (exact) mass is 370 g/mol. The molecule has 140 valence electrons. The number of aromatic nitrogens is 3. The highest BCUT2D eigenvalue weighted by Gasteiger charge is 2.25. The maximum absolute atomic E-state index is 13.4. The number of pyridine rings is 1. The minimum absolute atomic E-state index is 0.121. The summed E-state index contributed by atoms with van der Waals surface area (Å²) in [6.07, 6.45) is 4.30.